The number of unbranched alkanes of at least 4 members (excludes halogenated alkanes) is 1. The molecule has 4 nitrogen and oxygen atoms in total. The Balaban J connectivity index is 3.84. The van der Waals surface area contributed by atoms with Crippen LogP contribution in [0.25, 0.3) is 0 Å². The minimum atomic E-state index is -0.508. The second-order valence-electron chi connectivity index (χ2n) is 5.56. The van der Waals surface area contributed by atoms with Gasteiger partial charge in [-0.05, 0) is 24.7 Å². The fourth-order valence-electron chi connectivity index (χ4n) is 1.82. The molecule has 0 aromatic rings. The summed E-state index contributed by atoms with van der Waals surface area (Å²) in [6.45, 7) is 9.63. The summed E-state index contributed by atoms with van der Waals surface area (Å²) in [4.78, 5) is 23.1. The number of carbonyl (C=O) groups excluding carboxylic acids is 2. The van der Waals surface area contributed by atoms with Crippen LogP contribution in [0.5, 0.6) is 0 Å². The zero-order valence-electron chi connectivity index (χ0n) is 12.9. The van der Waals surface area contributed by atoms with Crippen molar-refractivity contribution in [2.24, 2.45) is 11.8 Å². The predicted molar refractivity (Wildman–Crippen MR) is 78.8 cm³/mol. The lowest BCUT2D eigenvalue weighted by molar-refractivity contribution is -0.139. The predicted octanol–water partition coefficient (Wildman–Crippen LogP) is 2.48. The van der Waals surface area contributed by atoms with Crippen molar-refractivity contribution in [3.63, 3.8) is 0 Å². The van der Waals surface area contributed by atoms with Crippen LogP contribution >= 0.6 is 0 Å². The smallest absolute Gasteiger partial charge is 0.309 e. The van der Waals surface area contributed by atoms with E-state index in [0.29, 0.717) is 24.9 Å². The van der Waals surface area contributed by atoms with Gasteiger partial charge in [-0.1, -0.05) is 47.0 Å². The highest BCUT2D eigenvalue weighted by atomic mass is 16.2. The topological polar surface area (TPSA) is 58.2 Å². The van der Waals surface area contributed by atoms with Gasteiger partial charge < -0.3 is 10.6 Å². The minimum Gasteiger partial charge on any atom is -0.348 e. The van der Waals surface area contributed by atoms with Gasteiger partial charge in [0.1, 0.15) is 0 Å². The molecule has 0 aliphatic rings. The first-order valence-electron chi connectivity index (χ1n) is 7.57. The third-order valence-corrected chi connectivity index (χ3v) is 3.31. The standard InChI is InChI=1S/C15H30N2O2/c1-5-7-8-13(6-2)11-17-15(19)14(18)16-10-9-12(3)4/h12-13H,5-11H2,1-4H3,(H,16,18)(H,17,19)/t13-/m1/s1. The molecule has 0 aliphatic heterocycles. The third-order valence-electron chi connectivity index (χ3n) is 3.31. The zero-order chi connectivity index (χ0) is 14.7. The van der Waals surface area contributed by atoms with E-state index in [0.717, 1.165) is 19.3 Å². The summed E-state index contributed by atoms with van der Waals surface area (Å²) < 4.78 is 0. The van der Waals surface area contributed by atoms with Crippen molar-refractivity contribution < 1.29 is 9.59 Å². The van der Waals surface area contributed by atoms with Crippen molar-refractivity contribution in [2.45, 2.75) is 59.8 Å². The SMILES string of the molecule is CCCC[C@@H](CC)CNC(=O)C(=O)NCCC(C)C. The summed E-state index contributed by atoms with van der Waals surface area (Å²) in [5, 5.41) is 5.38. The van der Waals surface area contributed by atoms with Crippen LogP contribution in [0.4, 0.5) is 0 Å². The van der Waals surface area contributed by atoms with Crippen LogP contribution in [0.1, 0.15) is 59.8 Å². The molecule has 0 heterocycles. The number of carbonyl (C=O) groups is 2. The molecule has 0 rings (SSSR count). The van der Waals surface area contributed by atoms with Gasteiger partial charge in [-0.3, -0.25) is 9.59 Å². The Hall–Kier alpha value is -1.06. The zero-order valence-corrected chi connectivity index (χ0v) is 12.9. The molecular weight excluding hydrogens is 240 g/mol. The third kappa shape index (κ3) is 9.51. The first-order chi connectivity index (χ1) is 9.01. The van der Waals surface area contributed by atoms with Crippen molar-refractivity contribution in [1.82, 2.24) is 10.6 Å². The van der Waals surface area contributed by atoms with Crippen LogP contribution in [-0.4, -0.2) is 24.9 Å². The molecule has 112 valence electrons. The molecule has 0 aromatic carbocycles. The number of rotatable bonds is 9. The normalized spacial score (nSPS) is 12.3. The summed E-state index contributed by atoms with van der Waals surface area (Å²) in [6.07, 6.45) is 5.39. The monoisotopic (exact) mass is 270 g/mol. The Morgan fingerprint density at radius 2 is 1.63 bits per heavy atom. The van der Waals surface area contributed by atoms with Crippen LogP contribution in [0.15, 0.2) is 0 Å². The van der Waals surface area contributed by atoms with Gasteiger partial charge in [0.05, 0.1) is 0 Å². The fourth-order valence-corrected chi connectivity index (χ4v) is 1.82. The largest absolute Gasteiger partial charge is 0.348 e. The van der Waals surface area contributed by atoms with E-state index in [9.17, 15) is 9.59 Å². The molecular formula is C15H30N2O2. The maximum Gasteiger partial charge on any atom is 0.309 e. The summed E-state index contributed by atoms with van der Waals surface area (Å²) >= 11 is 0. The molecule has 0 saturated carbocycles. The molecule has 0 aliphatic carbocycles. The molecule has 0 aromatic heterocycles. The summed E-state index contributed by atoms with van der Waals surface area (Å²) in [5.74, 6) is -0.000981. The number of hydrogen-bond acceptors (Lipinski definition) is 2. The maximum atomic E-state index is 11.6. The lowest BCUT2D eigenvalue weighted by Crippen LogP contribution is -2.42. The lowest BCUT2D eigenvalue weighted by Gasteiger charge is -2.15. The molecule has 0 bridgehead atoms. The van der Waals surface area contributed by atoms with Crippen LogP contribution < -0.4 is 10.6 Å². The van der Waals surface area contributed by atoms with Crippen LogP contribution in [-0.2, 0) is 9.59 Å². The van der Waals surface area contributed by atoms with Crippen molar-refractivity contribution in [1.29, 1.82) is 0 Å². The van der Waals surface area contributed by atoms with Crippen molar-refractivity contribution >= 4 is 11.8 Å². The second kappa shape index (κ2) is 10.8. The highest BCUT2D eigenvalue weighted by molar-refractivity contribution is 6.35. The van der Waals surface area contributed by atoms with E-state index in [1.807, 2.05) is 0 Å². The lowest BCUT2D eigenvalue weighted by atomic mass is 9.99. The van der Waals surface area contributed by atoms with Gasteiger partial charge in [0, 0.05) is 13.1 Å². The van der Waals surface area contributed by atoms with Gasteiger partial charge in [0.2, 0.25) is 0 Å². The summed E-state index contributed by atoms with van der Waals surface area (Å²) in [7, 11) is 0. The second-order valence-corrected chi connectivity index (χ2v) is 5.56. The number of amides is 2. The van der Waals surface area contributed by atoms with E-state index in [1.165, 1.54) is 12.8 Å². The number of nitrogens with one attached hydrogen (secondary N) is 2. The Morgan fingerprint density at radius 1 is 1.00 bits per heavy atom. The highest BCUT2D eigenvalue weighted by Gasteiger charge is 2.14. The van der Waals surface area contributed by atoms with Gasteiger partial charge in [-0.2, -0.15) is 0 Å². The van der Waals surface area contributed by atoms with Crippen LogP contribution in [0, 0.1) is 11.8 Å². The van der Waals surface area contributed by atoms with Crippen LogP contribution in [0.2, 0.25) is 0 Å². The van der Waals surface area contributed by atoms with E-state index >= 15 is 0 Å². The van der Waals surface area contributed by atoms with Gasteiger partial charge in [0.15, 0.2) is 0 Å². The maximum absolute atomic E-state index is 11.6. The van der Waals surface area contributed by atoms with Gasteiger partial charge >= 0.3 is 11.8 Å². The van der Waals surface area contributed by atoms with E-state index in [-0.39, 0.29) is 0 Å². The van der Waals surface area contributed by atoms with Gasteiger partial charge in [-0.25, -0.2) is 0 Å². The van der Waals surface area contributed by atoms with Crippen molar-refractivity contribution in [2.75, 3.05) is 13.1 Å². The summed E-state index contributed by atoms with van der Waals surface area (Å²) in [6, 6.07) is 0. The molecule has 2 amide bonds. The van der Waals surface area contributed by atoms with Crippen molar-refractivity contribution in [3.8, 4) is 0 Å². The highest BCUT2D eigenvalue weighted by Crippen LogP contribution is 2.10. The molecule has 0 radical (unpaired) electrons. The molecule has 0 saturated heterocycles. The van der Waals surface area contributed by atoms with Crippen LogP contribution in [0.3, 0.4) is 0 Å². The summed E-state index contributed by atoms with van der Waals surface area (Å²) in [5.41, 5.74) is 0. The van der Waals surface area contributed by atoms with E-state index in [1.54, 1.807) is 0 Å². The average Bonchev–Trinajstić information content (AvgIpc) is 2.38. The molecule has 1 atom stereocenters. The molecule has 0 fully saturated rings. The van der Waals surface area contributed by atoms with Gasteiger partial charge in [0.25, 0.3) is 0 Å². The molecule has 4 heteroatoms. The Morgan fingerprint density at radius 3 is 2.16 bits per heavy atom. The fraction of sp³-hybridized carbons (Fsp3) is 0.867. The number of hydrogen-bond donors (Lipinski definition) is 2. The van der Waals surface area contributed by atoms with Gasteiger partial charge in [-0.15, -0.1) is 0 Å². The Kier molecular flexibility index (Phi) is 10.2. The Labute approximate surface area is 117 Å². The van der Waals surface area contributed by atoms with E-state index in [2.05, 4.69) is 38.3 Å². The van der Waals surface area contributed by atoms with E-state index in [4.69, 9.17) is 0 Å². The quantitative estimate of drug-likeness (QED) is 0.632. The molecule has 19 heavy (non-hydrogen) atoms. The Bertz CT molecular complexity index is 265. The van der Waals surface area contributed by atoms with Crippen molar-refractivity contribution in [3.05, 3.63) is 0 Å². The molecule has 0 unspecified atom stereocenters. The molecule has 2 N–H and O–H groups in total. The molecule has 0 spiro atoms. The minimum absolute atomic E-state index is 0.479. The van der Waals surface area contributed by atoms with E-state index < -0.39 is 11.8 Å². The average molecular weight is 270 g/mol. The first-order valence-corrected chi connectivity index (χ1v) is 7.57. The first kappa shape index (κ1) is 17.9.